The average Bonchev–Trinajstić information content (AvgIpc) is 3.69. The number of aryl methyl sites for hydroxylation is 1. The Kier molecular flexibility index (Phi) is 12.2. The number of phenolic OH excluding ortho intramolecular Hbond substituents is 1. The molecule has 1 fully saturated rings. The van der Waals surface area contributed by atoms with E-state index in [4.69, 9.17) is 9.47 Å². The van der Waals surface area contributed by atoms with E-state index in [1.807, 2.05) is 67.6 Å². The van der Waals surface area contributed by atoms with Gasteiger partial charge in [0.2, 0.25) is 21.1 Å². The zero-order valence-corrected chi connectivity index (χ0v) is 31.9. The maximum absolute atomic E-state index is 13.9. The molecule has 0 radical (unpaired) electrons. The third kappa shape index (κ3) is 9.68. The van der Waals surface area contributed by atoms with E-state index in [9.17, 15) is 23.4 Å². The number of hydrogen-bond donors (Lipinski definition) is 4. The number of hydrogen-bond acceptors (Lipinski definition) is 11. The highest BCUT2D eigenvalue weighted by Crippen LogP contribution is 2.40. The first-order valence-electron chi connectivity index (χ1n) is 17.9. The Morgan fingerprint density at radius 2 is 1.64 bits per heavy atom. The van der Waals surface area contributed by atoms with Crippen LogP contribution in [0.3, 0.4) is 0 Å². The summed E-state index contributed by atoms with van der Waals surface area (Å²) >= 11 is 1.42. The molecule has 56 heavy (non-hydrogen) atoms. The summed E-state index contributed by atoms with van der Waals surface area (Å²) in [5, 5.41) is 35.0. The second-order valence-electron chi connectivity index (χ2n) is 13.3. The zero-order chi connectivity index (χ0) is 39.1. The number of rotatable bonds is 14. The number of phenols is 1. The van der Waals surface area contributed by atoms with Gasteiger partial charge in [0.1, 0.15) is 11.8 Å². The highest BCUT2D eigenvalue weighted by molar-refractivity contribution is 7.99. The molecule has 4 N–H and O–H groups in total. The van der Waals surface area contributed by atoms with Crippen molar-refractivity contribution in [1.29, 1.82) is 0 Å². The topological polar surface area (TPSA) is 178 Å². The second kappa shape index (κ2) is 17.6. The maximum Gasteiger partial charge on any atom is 0.242 e. The summed E-state index contributed by atoms with van der Waals surface area (Å²) in [7, 11) is -4.03. The number of carbonyl (C=O) groups excluding carboxylic acids is 1. The van der Waals surface area contributed by atoms with Gasteiger partial charge in [0, 0.05) is 23.4 Å². The summed E-state index contributed by atoms with van der Waals surface area (Å²) in [6, 6.07) is 35.8. The first kappa shape index (κ1) is 38.8. The molecule has 13 nitrogen and oxygen atoms in total. The number of aromatic nitrogens is 4. The van der Waals surface area contributed by atoms with E-state index in [1.165, 1.54) is 23.9 Å². The van der Waals surface area contributed by atoms with Crippen molar-refractivity contribution >= 4 is 33.4 Å². The van der Waals surface area contributed by atoms with Gasteiger partial charge in [0.15, 0.2) is 6.29 Å². The fraction of sp³-hybridized carbons (Fsp3) is 0.220. The predicted octanol–water partition coefficient (Wildman–Crippen LogP) is 6.03. The standard InChI is InChI=1S/C41H40N6O7S2/c1-27-10-20-36(21-11-27)56(51,52)44-37(22-28-6-3-2-4-7-28)39(50)42-32-9-5-8-31(23-32)40-53-35(24-38(54-40)30-14-12-29(25-48)13-15-30)26-55-41-43-45-46-47(41)33-16-18-34(49)19-17-33/h2-21,23,35,37-38,40,44,48-49H,22,24-26H2,1H3,(H,42,50)/t35-,37-,38+,40+/m1/s1. The Labute approximate surface area is 328 Å². The number of benzene rings is 5. The highest BCUT2D eigenvalue weighted by atomic mass is 32.2. The van der Waals surface area contributed by atoms with Crippen molar-refractivity contribution in [3.8, 4) is 11.4 Å². The molecular weight excluding hydrogens is 753 g/mol. The van der Waals surface area contributed by atoms with Crippen LogP contribution in [-0.2, 0) is 37.3 Å². The molecule has 1 saturated heterocycles. The molecule has 15 heteroatoms. The van der Waals surface area contributed by atoms with Gasteiger partial charge in [-0.15, -0.1) is 5.10 Å². The number of aliphatic hydroxyl groups excluding tert-OH is 1. The van der Waals surface area contributed by atoms with Crippen LogP contribution in [0.25, 0.3) is 5.69 Å². The lowest BCUT2D eigenvalue weighted by molar-refractivity contribution is -0.245. The van der Waals surface area contributed by atoms with Crippen LogP contribution < -0.4 is 10.0 Å². The molecule has 0 aliphatic carbocycles. The molecular formula is C41H40N6O7S2. The number of nitrogens with zero attached hydrogens (tertiary/aromatic N) is 4. The van der Waals surface area contributed by atoms with E-state index in [0.717, 1.165) is 22.3 Å². The number of thioether (sulfide) groups is 1. The molecule has 0 saturated carbocycles. The normalized spacial score (nSPS) is 17.6. The van der Waals surface area contributed by atoms with Crippen molar-refractivity contribution in [1.82, 2.24) is 24.9 Å². The van der Waals surface area contributed by atoms with Crippen LogP contribution >= 0.6 is 11.8 Å². The van der Waals surface area contributed by atoms with E-state index in [2.05, 4.69) is 25.6 Å². The summed E-state index contributed by atoms with van der Waals surface area (Å²) < 4.78 is 44.2. The highest BCUT2D eigenvalue weighted by Gasteiger charge is 2.33. The van der Waals surface area contributed by atoms with Crippen LogP contribution in [0, 0.1) is 6.92 Å². The molecule has 1 amide bonds. The van der Waals surface area contributed by atoms with Crippen LogP contribution in [-0.4, -0.2) is 62.6 Å². The molecule has 0 bridgehead atoms. The third-order valence-electron chi connectivity index (χ3n) is 9.20. The zero-order valence-electron chi connectivity index (χ0n) is 30.3. The number of tetrazole rings is 1. The molecule has 2 heterocycles. The van der Waals surface area contributed by atoms with Gasteiger partial charge in [-0.2, -0.15) is 9.40 Å². The van der Waals surface area contributed by atoms with Gasteiger partial charge >= 0.3 is 0 Å². The third-order valence-corrected chi connectivity index (χ3v) is 11.7. The maximum atomic E-state index is 13.9. The van der Waals surface area contributed by atoms with Crippen molar-refractivity contribution in [3.05, 3.63) is 155 Å². The van der Waals surface area contributed by atoms with Crippen LogP contribution in [0.15, 0.2) is 137 Å². The molecule has 7 rings (SSSR count). The fourth-order valence-electron chi connectivity index (χ4n) is 6.22. The van der Waals surface area contributed by atoms with Gasteiger partial charge < -0.3 is 25.0 Å². The number of sulfonamides is 1. The minimum Gasteiger partial charge on any atom is -0.508 e. The van der Waals surface area contributed by atoms with Gasteiger partial charge in [-0.25, -0.2) is 8.42 Å². The van der Waals surface area contributed by atoms with Gasteiger partial charge in [-0.1, -0.05) is 96.2 Å². The molecule has 6 aromatic rings. The predicted molar refractivity (Wildman–Crippen MR) is 210 cm³/mol. The second-order valence-corrected chi connectivity index (χ2v) is 16.0. The Bertz CT molecular complexity index is 2340. The van der Waals surface area contributed by atoms with E-state index < -0.39 is 28.3 Å². The largest absolute Gasteiger partial charge is 0.508 e. The Hall–Kier alpha value is -5.42. The van der Waals surface area contributed by atoms with Crippen LogP contribution in [0.1, 0.15) is 46.6 Å². The molecule has 1 aliphatic heterocycles. The first-order chi connectivity index (χ1) is 27.1. The lowest BCUT2D eigenvalue weighted by Gasteiger charge is -2.36. The number of ether oxygens (including phenoxy) is 2. The lowest BCUT2D eigenvalue weighted by Crippen LogP contribution is -2.45. The average molecular weight is 793 g/mol. The molecule has 0 spiro atoms. The quantitative estimate of drug-likeness (QED) is 0.0947. The van der Waals surface area contributed by atoms with E-state index in [-0.39, 0.29) is 35.9 Å². The number of aromatic hydroxyl groups is 1. The SMILES string of the molecule is Cc1ccc(S(=O)(=O)N[C@H](Cc2ccccc2)C(=O)Nc2cccc([C@H]3O[C@@H](CSc4nnnn4-c4ccc(O)cc4)C[C@@H](c4ccc(CO)cc4)O3)c2)cc1. The van der Waals surface area contributed by atoms with E-state index in [1.54, 1.807) is 59.3 Å². The van der Waals surface area contributed by atoms with Crippen molar-refractivity contribution in [2.75, 3.05) is 11.1 Å². The summed E-state index contributed by atoms with van der Waals surface area (Å²) in [6.07, 6.45) is -0.886. The number of amides is 1. The van der Waals surface area contributed by atoms with Crippen molar-refractivity contribution < 1.29 is 32.9 Å². The molecule has 5 aromatic carbocycles. The van der Waals surface area contributed by atoms with Crippen molar-refractivity contribution in [3.63, 3.8) is 0 Å². The van der Waals surface area contributed by atoms with Gasteiger partial charge in [0.25, 0.3) is 0 Å². The first-order valence-corrected chi connectivity index (χ1v) is 20.4. The Morgan fingerprint density at radius 3 is 2.38 bits per heavy atom. The Balaban J connectivity index is 1.11. The molecule has 4 atom stereocenters. The van der Waals surface area contributed by atoms with E-state index >= 15 is 0 Å². The van der Waals surface area contributed by atoms with Gasteiger partial charge in [-0.05, 0) is 89.0 Å². The van der Waals surface area contributed by atoms with E-state index in [0.29, 0.717) is 34.3 Å². The van der Waals surface area contributed by atoms with Crippen molar-refractivity contribution in [2.45, 2.75) is 61.0 Å². The summed E-state index contributed by atoms with van der Waals surface area (Å²) in [4.78, 5) is 14.0. The molecule has 1 aliphatic rings. The lowest BCUT2D eigenvalue weighted by atomic mass is 10.0. The number of nitrogens with one attached hydrogen (secondary N) is 2. The number of aliphatic hydroxyl groups is 1. The summed E-state index contributed by atoms with van der Waals surface area (Å²) in [5.41, 5.74) is 5.15. The number of carbonyl (C=O) groups is 1. The monoisotopic (exact) mass is 792 g/mol. The number of anilines is 1. The Morgan fingerprint density at radius 1 is 0.893 bits per heavy atom. The fourth-order valence-corrected chi connectivity index (χ4v) is 8.32. The van der Waals surface area contributed by atoms with Crippen molar-refractivity contribution in [2.24, 2.45) is 0 Å². The molecule has 288 valence electrons. The minimum absolute atomic E-state index is 0.0627. The molecule has 0 unspecified atom stereocenters. The van der Waals surface area contributed by atoms with Gasteiger partial charge in [-0.3, -0.25) is 4.79 Å². The smallest absolute Gasteiger partial charge is 0.242 e. The summed E-state index contributed by atoms with van der Waals surface area (Å²) in [6.45, 7) is 1.79. The summed E-state index contributed by atoms with van der Waals surface area (Å²) in [5.74, 6) is 0.0752. The van der Waals surface area contributed by atoms with Crippen LogP contribution in [0.4, 0.5) is 5.69 Å². The van der Waals surface area contributed by atoms with Crippen LogP contribution in [0.5, 0.6) is 5.75 Å². The minimum atomic E-state index is -4.03. The van der Waals surface area contributed by atoms with Crippen LogP contribution in [0.2, 0.25) is 0 Å². The molecule has 1 aromatic heterocycles. The van der Waals surface area contributed by atoms with Gasteiger partial charge in [0.05, 0.1) is 29.4 Å².